The minimum Gasteiger partial charge on any atom is -0.493 e. The van der Waals surface area contributed by atoms with Crippen molar-refractivity contribution >= 4 is 27.2 Å². The fourth-order valence-corrected chi connectivity index (χ4v) is 4.45. The Bertz CT molecular complexity index is 952. The van der Waals surface area contributed by atoms with Crippen LogP contribution in [0, 0.1) is 0 Å². The molecule has 114 valence electrons. The average Bonchev–Trinajstić information content (AvgIpc) is 2.87. The third-order valence-corrected chi connectivity index (χ3v) is 5.61. The molecule has 1 aromatic carbocycles. The van der Waals surface area contributed by atoms with Crippen LogP contribution in [-0.2, 0) is 9.84 Å². The van der Waals surface area contributed by atoms with Crippen LogP contribution in [0.2, 0.25) is 0 Å². The first kappa shape index (κ1) is 14.7. The lowest BCUT2D eigenvalue weighted by Crippen LogP contribution is -2.03. The van der Waals surface area contributed by atoms with Crippen molar-refractivity contribution in [2.24, 2.45) is 0 Å². The van der Waals surface area contributed by atoms with Gasteiger partial charge in [-0.2, -0.15) is 14.6 Å². The second-order valence-corrected chi connectivity index (χ2v) is 7.04. The molecule has 22 heavy (non-hydrogen) atoms. The molecule has 7 nitrogen and oxygen atoms in total. The van der Waals surface area contributed by atoms with Crippen LogP contribution in [0.15, 0.2) is 51.2 Å². The second-order valence-electron chi connectivity index (χ2n) is 4.36. The van der Waals surface area contributed by atoms with Crippen molar-refractivity contribution in [1.82, 2.24) is 14.6 Å². The largest absolute Gasteiger partial charge is 0.493 e. The van der Waals surface area contributed by atoms with E-state index >= 15 is 0 Å². The summed E-state index contributed by atoms with van der Waals surface area (Å²) in [5.41, 5.74) is -0.120. The van der Waals surface area contributed by atoms with Crippen molar-refractivity contribution in [2.75, 3.05) is 6.26 Å². The lowest BCUT2D eigenvalue weighted by atomic mass is 10.4. The Kier molecular flexibility index (Phi) is 3.45. The van der Waals surface area contributed by atoms with Crippen molar-refractivity contribution in [3.8, 4) is 11.8 Å². The van der Waals surface area contributed by atoms with Crippen LogP contribution in [0.5, 0.6) is 11.8 Å². The summed E-state index contributed by atoms with van der Waals surface area (Å²) in [4.78, 5) is 3.75. The average molecular weight is 337 g/mol. The first-order valence-electron chi connectivity index (χ1n) is 6.11. The maximum Gasteiger partial charge on any atom is 0.219 e. The van der Waals surface area contributed by atoms with E-state index in [1.807, 2.05) is 0 Å². The summed E-state index contributed by atoms with van der Waals surface area (Å²) in [7, 11) is -3.89. The number of hydrogen-bond acceptors (Lipinski definition) is 7. The Hall–Kier alpha value is -2.26. The van der Waals surface area contributed by atoms with E-state index in [4.69, 9.17) is 0 Å². The molecule has 0 fully saturated rings. The normalized spacial score (nSPS) is 11.9. The van der Waals surface area contributed by atoms with Crippen LogP contribution in [0.3, 0.4) is 0 Å². The van der Waals surface area contributed by atoms with Gasteiger partial charge in [-0.25, -0.2) is 8.42 Å². The minimum atomic E-state index is -3.89. The van der Waals surface area contributed by atoms with E-state index in [-0.39, 0.29) is 20.5 Å². The Labute approximate surface area is 130 Å². The van der Waals surface area contributed by atoms with Crippen molar-refractivity contribution in [3.05, 3.63) is 36.4 Å². The molecule has 2 N–H and O–H groups in total. The van der Waals surface area contributed by atoms with Gasteiger partial charge >= 0.3 is 0 Å². The number of rotatable bonds is 3. The predicted octanol–water partition coefficient (Wildman–Crippen LogP) is 1.70. The summed E-state index contributed by atoms with van der Waals surface area (Å²) in [6.45, 7) is 0. The lowest BCUT2D eigenvalue weighted by molar-refractivity contribution is 0.411. The Morgan fingerprint density at radius 3 is 2.50 bits per heavy atom. The molecule has 3 rings (SSSR count). The van der Waals surface area contributed by atoms with E-state index in [2.05, 4.69) is 10.1 Å². The molecule has 0 aliphatic carbocycles. The second kappa shape index (κ2) is 5.18. The van der Waals surface area contributed by atoms with Gasteiger partial charge in [0, 0.05) is 0 Å². The molecule has 0 atom stereocenters. The molecule has 0 saturated heterocycles. The Morgan fingerprint density at radius 2 is 1.86 bits per heavy atom. The van der Waals surface area contributed by atoms with Gasteiger partial charge in [0.25, 0.3) is 0 Å². The van der Waals surface area contributed by atoms with E-state index in [0.29, 0.717) is 0 Å². The van der Waals surface area contributed by atoms with E-state index < -0.39 is 21.6 Å². The smallest absolute Gasteiger partial charge is 0.219 e. The highest BCUT2D eigenvalue weighted by atomic mass is 32.2. The molecule has 0 bridgehead atoms. The molecular formula is C13H11N3O4S2. The van der Waals surface area contributed by atoms with Gasteiger partial charge < -0.3 is 10.2 Å². The Balaban J connectivity index is 2.40. The molecule has 0 saturated carbocycles. The van der Waals surface area contributed by atoms with Gasteiger partial charge in [0.15, 0.2) is 10.5 Å². The van der Waals surface area contributed by atoms with Gasteiger partial charge in [0.1, 0.15) is 5.03 Å². The zero-order valence-corrected chi connectivity index (χ0v) is 13.0. The van der Waals surface area contributed by atoms with Gasteiger partial charge in [-0.1, -0.05) is 18.2 Å². The number of sulfone groups is 1. The van der Waals surface area contributed by atoms with Crippen LogP contribution in [0.25, 0.3) is 5.65 Å². The number of aromatic hydroxyl groups is 2. The lowest BCUT2D eigenvalue weighted by Gasteiger charge is -2.04. The van der Waals surface area contributed by atoms with E-state index in [1.54, 1.807) is 24.5 Å². The summed E-state index contributed by atoms with van der Waals surface area (Å²) < 4.78 is 26.7. The summed E-state index contributed by atoms with van der Waals surface area (Å²) in [6.07, 6.45) is 1.67. The fraction of sp³-hybridized carbons (Fsp3) is 0.0769. The van der Waals surface area contributed by atoms with Gasteiger partial charge in [-0.3, -0.25) is 0 Å². The number of hydrogen-bond donors (Lipinski definition) is 2. The predicted molar refractivity (Wildman–Crippen MR) is 80.0 cm³/mol. The quantitative estimate of drug-likeness (QED) is 0.701. The van der Waals surface area contributed by atoms with Crippen LogP contribution in [-0.4, -0.2) is 39.5 Å². The molecular weight excluding hydrogens is 326 g/mol. The van der Waals surface area contributed by atoms with Crippen LogP contribution in [0.1, 0.15) is 0 Å². The Morgan fingerprint density at radius 1 is 1.18 bits per heavy atom. The summed E-state index contributed by atoms with van der Waals surface area (Å²) in [5.74, 6) is -0.880. The topological polar surface area (TPSA) is 105 Å². The zero-order valence-electron chi connectivity index (χ0n) is 11.3. The molecule has 0 spiro atoms. The number of thioether (sulfide) groups is 1. The van der Waals surface area contributed by atoms with Crippen LogP contribution in [0.4, 0.5) is 0 Å². The van der Waals surface area contributed by atoms with Crippen molar-refractivity contribution in [2.45, 2.75) is 14.8 Å². The molecule has 0 unspecified atom stereocenters. The monoisotopic (exact) mass is 337 g/mol. The zero-order chi connectivity index (χ0) is 15.9. The highest BCUT2D eigenvalue weighted by Crippen LogP contribution is 2.34. The number of nitrogens with zero attached hydrogens (tertiary/aromatic N) is 3. The molecule has 2 heterocycles. The highest BCUT2D eigenvalue weighted by molar-refractivity contribution is 7.99. The van der Waals surface area contributed by atoms with Crippen LogP contribution < -0.4 is 0 Å². The van der Waals surface area contributed by atoms with Crippen LogP contribution >= 0.6 is 11.8 Å². The van der Waals surface area contributed by atoms with Crippen molar-refractivity contribution < 1.29 is 18.6 Å². The minimum absolute atomic E-state index is 0.0878. The summed E-state index contributed by atoms with van der Waals surface area (Å²) >= 11 is 1.11. The highest BCUT2D eigenvalue weighted by Gasteiger charge is 2.29. The maximum absolute atomic E-state index is 12.8. The molecule has 0 aliphatic heterocycles. The SMILES string of the molecule is CSc1nn2c(O)cc(O)nc2c1S(=O)(=O)c1ccccc1. The number of fused-ring (bicyclic) bond motifs is 1. The third-order valence-electron chi connectivity index (χ3n) is 3.00. The molecule has 0 aliphatic rings. The van der Waals surface area contributed by atoms with Gasteiger partial charge in [0.2, 0.25) is 21.6 Å². The van der Waals surface area contributed by atoms with E-state index in [0.717, 1.165) is 22.3 Å². The maximum atomic E-state index is 12.8. The molecule has 9 heteroatoms. The van der Waals surface area contributed by atoms with Gasteiger partial charge in [0.05, 0.1) is 11.0 Å². The van der Waals surface area contributed by atoms with E-state index in [9.17, 15) is 18.6 Å². The standard InChI is InChI=1S/C13H11N3O4S2/c1-21-13-11(22(19,20)8-5-3-2-4-6-8)12-14-9(17)7-10(18)16(12)15-13/h2-7,18H,1H3,(H,14,17). The van der Waals surface area contributed by atoms with Gasteiger partial charge in [-0.15, -0.1) is 11.8 Å². The fourth-order valence-electron chi connectivity index (χ4n) is 2.04. The van der Waals surface area contributed by atoms with E-state index in [1.165, 1.54) is 12.1 Å². The van der Waals surface area contributed by atoms with Gasteiger partial charge in [-0.05, 0) is 18.4 Å². The first-order chi connectivity index (χ1) is 10.4. The molecule has 3 aromatic rings. The first-order valence-corrected chi connectivity index (χ1v) is 8.82. The molecule has 0 amide bonds. The third kappa shape index (κ3) is 2.18. The van der Waals surface area contributed by atoms with Crippen molar-refractivity contribution in [1.29, 1.82) is 0 Å². The molecule has 2 aromatic heterocycles. The summed E-state index contributed by atoms with van der Waals surface area (Å²) in [5, 5.41) is 23.6. The van der Waals surface area contributed by atoms with Crippen molar-refractivity contribution in [3.63, 3.8) is 0 Å². The number of benzene rings is 1. The number of aromatic nitrogens is 3. The summed E-state index contributed by atoms with van der Waals surface area (Å²) in [6, 6.07) is 8.85. The molecule has 0 radical (unpaired) electrons.